The Morgan fingerprint density at radius 2 is 2.00 bits per heavy atom. The average molecular weight is 328 g/mol. The second-order valence-corrected chi connectivity index (χ2v) is 6.22. The van der Waals surface area contributed by atoms with E-state index < -0.39 is 0 Å². The number of carbonyl (C=O) groups excluding carboxylic acids is 1. The van der Waals surface area contributed by atoms with Gasteiger partial charge < -0.3 is 14.6 Å². The lowest BCUT2D eigenvalue weighted by atomic mass is 9.96. The molecule has 0 aliphatic rings. The first kappa shape index (κ1) is 17.8. The van der Waals surface area contributed by atoms with Crippen molar-refractivity contribution in [2.45, 2.75) is 33.2 Å². The molecular formula is C19H24N2O3. The van der Waals surface area contributed by atoms with Crippen molar-refractivity contribution in [1.82, 2.24) is 9.88 Å². The third kappa shape index (κ3) is 3.85. The lowest BCUT2D eigenvalue weighted by Gasteiger charge is -2.16. The molecule has 1 aromatic carbocycles. The number of benzene rings is 1. The topological polar surface area (TPSA) is 60.3 Å². The Balaban J connectivity index is 2.19. The van der Waals surface area contributed by atoms with Gasteiger partial charge in [-0.15, -0.1) is 0 Å². The van der Waals surface area contributed by atoms with E-state index in [4.69, 9.17) is 4.74 Å². The highest BCUT2D eigenvalue weighted by Gasteiger charge is 2.12. The molecule has 0 aliphatic heterocycles. The van der Waals surface area contributed by atoms with Crippen molar-refractivity contribution in [3.05, 3.63) is 63.1 Å². The molecule has 0 atom stereocenters. The fourth-order valence-electron chi connectivity index (χ4n) is 2.57. The number of nitrogens with zero attached hydrogens (tertiary/aromatic N) is 1. The summed E-state index contributed by atoms with van der Waals surface area (Å²) in [5, 5.41) is 2.91. The first-order valence-electron chi connectivity index (χ1n) is 7.95. The van der Waals surface area contributed by atoms with Crippen LogP contribution in [0.2, 0.25) is 0 Å². The molecule has 2 aromatic rings. The molecule has 128 valence electrons. The van der Waals surface area contributed by atoms with Gasteiger partial charge in [-0.25, -0.2) is 0 Å². The number of nitrogens with one attached hydrogen (secondary N) is 1. The van der Waals surface area contributed by atoms with Crippen LogP contribution in [0.15, 0.2) is 35.3 Å². The van der Waals surface area contributed by atoms with E-state index in [0.29, 0.717) is 18.0 Å². The van der Waals surface area contributed by atoms with E-state index >= 15 is 0 Å². The minimum absolute atomic E-state index is 0.140. The molecule has 0 spiro atoms. The zero-order valence-corrected chi connectivity index (χ0v) is 14.8. The third-order valence-corrected chi connectivity index (χ3v) is 4.10. The van der Waals surface area contributed by atoms with Crippen LogP contribution in [0.25, 0.3) is 0 Å². The van der Waals surface area contributed by atoms with Crippen molar-refractivity contribution in [3.63, 3.8) is 0 Å². The number of pyridine rings is 1. The highest BCUT2D eigenvalue weighted by atomic mass is 16.5. The summed E-state index contributed by atoms with van der Waals surface area (Å²) in [4.78, 5) is 23.7. The Morgan fingerprint density at radius 3 is 2.58 bits per heavy atom. The van der Waals surface area contributed by atoms with Crippen LogP contribution >= 0.6 is 0 Å². The number of amides is 1. The Morgan fingerprint density at radius 1 is 1.29 bits per heavy atom. The highest BCUT2D eigenvalue weighted by molar-refractivity contribution is 5.93. The van der Waals surface area contributed by atoms with Crippen LogP contribution < -0.4 is 15.6 Å². The van der Waals surface area contributed by atoms with E-state index in [1.165, 1.54) is 22.9 Å². The second kappa shape index (κ2) is 7.34. The predicted octanol–water partition coefficient (Wildman–Crippen LogP) is 2.76. The van der Waals surface area contributed by atoms with Gasteiger partial charge >= 0.3 is 0 Å². The summed E-state index contributed by atoms with van der Waals surface area (Å²) in [5.74, 6) is 1.00. The van der Waals surface area contributed by atoms with Crippen LogP contribution in [0.3, 0.4) is 0 Å². The number of hydrogen-bond donors (Lipinski definition) is 1. The number of aryl methyl sites for hydroxylation is 2. The van der Waals surface area contributed by atoms with Gasteiger partial charge in [0.15, 0.2) is 0 Å². The summed E-state index contributed by atoms with van der Waals surface area (Å²) in [6, 6.07) is 7.02. The monoisotopic (exact) mass is 328 g/mol. The van der Waals surface area contributed by atoms with E-state index in [1.807, 2.05) is 13.0 Å². The van der Waals surface area contributed by atoms with Crippen molar-refractivity contribution in [2.24, 2.45) is 7.05 Å². The molecule has 0 unspecified atom stereocenters. The summed E-state index contributed by atoms with van der Waals surface area (Å²) in [6.07, 6.45) is 1.54. The normalized spacial score (nSPS) is 10.8. The Kier molecular flexibility index (Phi) is 5.44. The first-order valence-corrected chi connectivity index (χ1v) is 7.95. The van der Waals surface area contributed by atoms with Gasteiger partial charge in [0.25, 0.3) is 5.91 Å². The maximum absolute atomic E-state index is 12.3. The molecule has 1 amide bonds. The van der Waals surface area contributed by atoms with Crippen LogP contribution in [-0.4, -0.2) is 17.6 Å². The number of rotatable bonds is 5. The molecule has 2 rings (SSSR count). The number of aromatic nitrogens is 1. The van der Waals surface area contributed by atoms with Crippen LogP contribution in [0.5, 0.6) is 5.75 Å². The SMILES string of the molecule is COc1cc(C)c(CNC(=O)c2ccc(=O)n(C)c2)cc1C(C)C. The fraction of sp³-hybridized carbons (Fsp3) is 0.368. The summed E-state index contributed by atoms with van der Waals surface area (Å²) >= 11 is 0. The molecule has 0 aliphatic carbocycles. The maximum atomic E-state index is 12.3. The standard InChI is InChI=1S/C19H24N2O3/c1-12(2)16-9-15(13(3)8-17(16)24-5)10-20-19(23)14-6-7-18(22)21(4)11-14/h6-9,11-12H,10H2,1-5H3,(H,20,23). The van der Waals surface area contributed by atoms with Crippen molar-refractivity contribution >= 4 is 5.91 Å². The summed E-state index contributed by atoms with van der Waals surface area (Å²) < 4.78 is 6.84. The van der Waals surface area contributed by atoms with Gasteiger partial charge in [-0.3, -0.25) is 9.59 Å². The molecule has 0 saturated heterocycles. The largest absolute Gasteiger partial charge is 0.496 e. The smallest absolute Gasteiger partial charge is 0.253 e. The molecule has 5 heteroatoms. The van der Waals surface area contributed by atoms with Gasteiger partial charge in [0.2, 0.25) is 5.56 Å². The number of methoxy groups -OCH3 is 1. The number of carbonyl (C=O) groups is 1. The van der Waals surface area contributed by atoms with Gasteiger partial charge in [0, 0.05) is 25.9 Å². The maximum Gasteiger partial charge on any atom is 0.253 e. The Bertz CT molecular complexity index is 807. The van der Waals surface area contributed by atoms with Crippen LogP contribution in [0.4, 0.5) is 0 Å². The molecule has 0 bridgehead atoms. The van der Waals surface area contributed by atoms with E-state index in [0.717, 1.165) is 22.4 Å². The van der Waals surface area contributed by atoms with Gasteiger partial charge in [-0.2, -0.15) is 0 Å². The van der Waals surface area contributed by atoms with E-state index in [1.54, 1.807) is 14.2 Å². The van der Waals surface area contributed by atoms with E-state index in [9.17, 15) is 9.59 Å². The lowest BCUT2D eigenvalue weighted by Crippen LogP contribution is -2.25. The van der Waals surface area contributed by atoms with Crippen molar-refractivity contribution in [3.8, 4) is 5.75 Å². The van der Waals surface area contributed by atoms with Crippen LogP contribution in [-0.2, 0) is 13.6 Å². The molecule has 5 nitrogen and oxygen atoms in total. The predicted molar refractivity (Wildman–Crippen MR) is 94.7 cm³/mol. The van der Waals surface area contributed by atoms with E-state index in [2.05, 4.69) is 25.2 Å². The Hall–Kier alpha value is -2.56. The molecule has 0 radical (unpaired) electrons. The van der Waals surface area contributed by atoms with Gasteiger partial charge in [0.1, 0.15) is 5.75 Å². The molecule has 24 heavy (non-hydrogen) atoms. The van der Waals surface area contributed by atoms with Crippen LogP contribution in [0, 0.1) is 6.92 Å². The molecule has 1 N–H and O–H groups in total. The summed E-state index contributed by atoms with van der Waals surface area (Å²) in [7, 11) is 3.30. The molecule has 1 heterocycles. The quantitative estimate of drug-likeness (QED) is 0.918. The molecular weight excluding hydrogens is 304 g/mol. The van der Waals surface area contributed by atoms with Crippen LogP contribution in [0.1, 0.15) is 46.8 Å². The molecule has 1 aromatic heterocycles. The van der Waals surface area contributed by atoms with Gasteiger partial charge in [-0.1, -0.05) is 13.8 Å². The van der Waals surface area contributed by atoms with Gasteiger partial charge in [-0.05, 0) is 47.7 Å². The van der Waals surface area contributed by atoms with Crippen molar-refractivity contribution in [2.75, 3.05) is 7.11 Å². The number of ether oxygens (including phenoxy) is 1. The lowest BCUT2D eigenvalue weighted by molar-refractivity contribution is 0.0950. The zero-order valence-electron chi connectivity index (χ0n) is 14.8. The van der Waals surface area contributed by atoms with Crippen molar-refractivity contribution in [1.29, 1.82) is 0 Å². The third-order valence-electron chi connectivity index (χ3n) is 4.10. The summed E-state index contributed by atoms with van der Waals surface area (Å²) in [5.41, 5.74) is 3.57. The van der Waals surface area contributed by atoms with Crippen molar-refractivity contribution < 1.29 is 9.53 Å². The number of hydrogen-bond acceptors (Lipinski definition) is 3. The minimum Gasteiger partial charge on any atom is -0.496 e. The second-order valence-electron chi connectivity index (χ2n) is 6.22. The van der Waals surface area contributed by atoms with Gasteiger partial charge in [0.05, 0.1) is 12.7 Å². The average Bonchev–Trinajstić information content (AvgIpc) is 2.55. The molecule has 0 saturated carbocycles. The summed E-state index contributed by atoms with van der Waals surface area (Å²) in [6.45, 7) is 6.65. The van der Waals surface area contributed by atoms with E-state index in [-0.39, 0.29) is 11.5 Å². The molecule has 0 fully saturated rings. The highest BCUT2D eigenvalue weighted by Crippen LogP contribution is 2.29. The Labute approximate surface area is 142 Å². The zero-order chi connectivity index (χ0) is 17.9. The minimum atomic E-state index is -0.202. The fourth-order valence-corrected chi connectivity index (χ4v) is 2.57. The first-order chi connectivity index (χ1) is 11.3.